The predicted octanol–water partition coefficient (Wildman–Crippen LogP) is 3.74. The molecule has 0 atom stereocenters. The topological polar surface area (TPSA) is 51.2 Å². The van der Waals surface area contributed by atoms with E-state index in [2.05, 4.69) is 5.32 Å². The molecule has 3 nitrogen and oxygen atoms in total. The predicted molar refractivity (Wildman–Crippen MR) is 71.4 cm³/mol. The number of hydrogen-bond donors (Lipinski definition) is 2. The lowest BCUT2D eigenvalue weighted by Gasteiger charge is -2.10. The molecule has 90 valence electrons. The highest BCUT2D eigenvalue weighted by atomic mass is 35.5. The van der Waals surface area contributed by atoms with Crippen molar-refractivity contribution < 1.29 is 4.42 Å². The molecule has 1 aromatic heterocycles. The summed E-state index contributed by atoms with van der Waals surface area (Å²) in [7, 11) is 0. The Kier molecular flexibility index (Phi) is 3.29. The number of aryl methyl sites for hydroxylation is 2. The first-order valence-corrected chi connectivity index (χ1v) is 5.79. The van der Waals surface area contributed by atoms with Gasteiger partial charge in [0.25, 0.3) is 0 Å². The van der Waals surface area contributed by atoms with Gasteiger partial charge in [0, 0.05) is 5.69 Å². The number of nitrogens with two attached hydrogens (primary N) is 1. The average Bonchev–Trinajstić information content (AvgIpc) is 2.68. The third-order valence-corrected chi connectivity index (χ3v) is 2.92. The zero-order chi connectivity index (χ0) is 12.4. The summed E-state index contributed by atoms with van der Waals surface area (Å²) in [5.74, 6) is 1.81. The van der Waals surface area contributed by atoms with E-state index in [-0.39, 0.29) is 0 Å². The van der Waals surface area contributed by atoms with Crippen molar-refractivity contribution in [3.63, 3.8) is 0 Å². The fourth-order valence-electron chi connectivity index (χ4n) is 1.66. The lowest BCUT2D eigenvalue weighted by atomic mass is 10.2. The molecule has 4 heteroatoms. The molecule has 0 fully saturated rings. The molecule has 0 radical (unpaired) electrons. The largest absolute Gasteiger partial charge is 0.465 e. The van der Waals surface area contributed by atoms with Crippen molar-refractivity contribution in [2.75, 3.05) is 11.1 Å². The van der Waals surface area contributed by atoms with Gasteiger partial charge in [0.1, 0.15) is 11.5 Å². The Balaban J connectivity index is 2.11. The first kappa shape index (κ1) is 11.9. The van der Waals surface area contributed by atoms with Crippen molar-refractivity contribution in [1.29, 1.82) is 0 Å². The minimum atomic E-state index is 0.564. The maximum Gasteiger partial charge on any atom is 0.123 e. The summed E-state index contributed by atoms with van der Waals surface area (Å²) in [4.78, 5) is 0. The molecule has 0 saturated carbocycles. The highest BCUT2D eigenvalue weighted by molar-refractivity contribution is 6.33. The van der Waals surface area contributed by atoms with Crippen molar-refractivity contribution in [2.45, 2.75) is 20.4 Å². The first-order valence-electron chi connectivity index (χ1n) is 5.41. The van der Waals surface area contributed by atoms with Crippen molar-refractivity contribution in [3.8, 4) is 0 Å². The van der Waals surface area contributed by atoms with E-state index in [1.165, 1.54) is 0 Å². The van der Waals surface area contributed by atoms with Crippen LogP contribution in [-0.2, 0) is 6.54 Å². The fraction of sp³-hybridized carbons (Fsp3) is 0.231. The van der Waals surface area contributed by atoms with Gasteiger partial charge < -0.3 is 15.5 Å². The van der Waals surface area contributed by atoms with Crippen LogP contribution in [0.25, 0.3) is 0 Å². The van der Waals surface area contributed by atoms with Gasteiger partial charge in [-0.05, 0) is 43.7 Å². The molecule has 1 aromatic carbocycles. The van der Waals surface area contributed by atoms with E-state index in [1.807, 2.05) is 38.1 Å². The van der Waals surface area contributed by atoms with Gasteiger partial charge in [0.15, 0.2) is 0 Å². The maximum atomic E-state index is 5.98. The fourth-order valence-corrected chi connectivity index (χ4v) is 1.82. The molecule has 0 aliphatic heterocycles. The molecule has 0 aliphatic rings. The normalized spacial score (nSPS) is 10.5. The number of nitrogens with one attached hydrogen (secondary N) is 1. The SMILES string of the molecule is Cc1ccc(CNc2cc(Cl)c(N)cc2C)o1. The summed E-state index contributed by atoms with van der Waals surface area (Å²) in [5, 5.41) is 3.84. The lowest BCUT2D eigenvalue weighted by Crippen LogP contribution is -2.01. The van der Waals surface area contributed by atoms with Crippen LogP contribution in [0, 0.1) is 13.8 Å². The Labute approximate surface area is 106 Å². The highest BCUT2D eigenvalue weighted by Gasteiger charge is 2.04. The van der Waals surface area contributed by atoms with Crippen molar-refractivity contribution in [2.24, 2.45) is 0 Å². The molecule has 0 bridgehead atoms. The van der Waals surface area contributed by atoms with Crippen LogP contribution >= 0.6 is 11.6 Å². The van der Waals surface area contributed by atoms with Crippen molar-refractivity contribution in [1.82, 2.24) is 0 Å². The molecule has 17 heavy (non-hydrogen) atoms. The number of anilines is 2. The number of furan rings is 1. The second-order valence-electron chi connectivity index (χ2n) is 4.05. The van der Waals surface area contributed by atoms with E-state index in [0.717, 1.165) is 22.8 Å². The van der Waals surface area contributed by atoms with Crippen LogP contribution in [0.5, 0.6) is 0 Å². The molecule has 1 heterocycles. The summed E-state index contributed by atoms with van der Waals surface area (Å²) >= 11 is 5.98. The van der Waals surface area contributed by atoms with Gasteiger partial charge in [-0.15, -0.1) is 0 Å². The Morgan fingerprint density at radius 1 is 1.29 bits per heavy atom. The average molecular weight is 251 g/mol. The molecular weight excluding hydrogens is 236 g/mol. The Morgan fingerprint density at radius 3 is 2.71 bits per heavy atom. The standard InChI is InChI=1S/C13H15ClN2O/c1-8-5-12(15)11(14)6-13(8)16-7-10-4-3-9(2)17-10/h3-6,16H,7,15H2,1-2H3. The van der Waals surface area contributed by atoms with Crippen LogP contribution in [0.1, 0.15) is 17.1 Å². The van der Waals surface area contributed by atoms with Crippen LogP contribution < -0.4 is 11.1 Å². The smallest absolute Gasteiger partial charge is 0.123 e. The van der Waals surface area contributed by atoms with E-state index in [9.17, 15) is 0 Å². The minimum Gasteiger partial charge on any atom is -0.465 e. The number of nitrogen functional groups attached to an aromatic ring is 1. The molecule has 0 unspecified atom stereocenters. The summed E-state index contributed by atoms with van der Waals surface area (Å²) < 4.78 is 5.48. The quantitative estimate of drug-likeness (QED) is 0.816. The molecule has 0 spiro atoms. The molecule has 2 aromatic rings. The number of halogens is 1. The summed E-state index contributed by atoms with van der Waals surface area (Å²) in [5.41, 5.74) is 8.36. The molecule has 0 amide bonds. The van der Waals surface area contributed by atoms with Gasteiger partial charge in [-0.25, -0.2) is 0 Å². The third kappa shape index (κ3) is 2.74. The molecule has 2 rings (SSSR count). The number of hydrogen-bond acceptors (Lipinski definition) is 3. The Morgan fingerprint density at radius 2 is 2.06 bits per heavy atom. The second-order valence-corrected chi connectivity index (χ2v) is 4.46. The Hall–Kier alpha value is -1.61. The highest BCUT2D eigenvalue weighted by Crippen LogP contribution is 2.27. The molecular formula is C13H15ClN2O. The van der Waals surface area contributed by atoms with Crippen LogP contribution in [0.4, 0.5) is 11.4 Å². The van der Waals surface area contributed by atoms with E-state index in [4.69, 9.17) is 21.8 Å². The summed E-state index contributed by atoms with van der Waals surface area (Å²) in [6, 6.07) is 7.59. The Bertz CT molecular complexity index is 534. The lowest BCUT2D eigenvalue weighted by molar-refractivity contribution is 0.490. The van der Waals surface area contributed by atoms with Gasteiger partial charge >= 0.3 is 0 Å². The van der Waals surface area contributed by atoms with E-state index < -0.39 is 0 Å². The van der Waals surface area contributed by atoms with Gasteiger partial charge in [-0.1, -0.05) is 11.6 Å². The molecule has 0 aliphatic carbocycles. The number of rotatable bonds is 3. The third-order valence-electron chi connectivity index (χ3n) is 2.59. The minimum absolute atomic E-state index is 0.564. The second kappa shape index (κ2) is 4.72. The number of benzene rings is 1. The van der Waals surface area contributed by atoms with E-state index >= 15 is 0 Å². The van der Waals surface area contributed by atoms with Gasteiger partial charge in [0.2, 0.25) is 0 Å². The summed E-state index contributed by atoms with van der Waals surface area (Å²) in [6.45, 7) is 4.55. The summed E-state index contributed by atoms with van der Waals surface area (Å²) in [6.07, 6.45) is 0. The van der Waals surface area contributed by atoms with Crippen molar-refractivity contribution >= 4 is 23.0 Å². The molecule has 0 saturated heterocycles. The monoisotopic (exact) mass is 250 g/mol. The van der Waals surface area contributed by atoms with Crippen LogP contribution in [0.15, 0.2) is 28.7 Å². The van der Waals surface area contributed by atoms with Crippen LogP contribution in [0.3, 0.4) is 0 Å². The zero-order valence-electron chi connectivity index (χ0n) is 9.88. The first-order chi connectivity index (χ1) is 8.06. The van der Waals surface area contributed by atoms with E-state index in [1.54, 1.807) is 0 Å². The maximum absolute atomic E-state index is 5.98. The van der Waals surface area contributed by atoms with E-state index in [0.29, 0.717) is 17.3 Å². The zero-order valence-corrected chi connectivity index (χ0v) is 10.6. The molecule has 3 N–H and O–H groups in total. The van der Waals surface area contributed by atoms with Crippen molar-refractivity contribution in [3.05, 3.63) is 46.4 Å². The van der Waals surface area contributed by atoms with Gasteiger partial charge in [-0.3, -0.25) is 0 Å². The van der Waals surface area contributed by atoms with Crippen LogP contribution in [0.2, 0.25) is 5.02 Å². The van der Waals surface area contributed by atoms with Gasteiger partial charge in [0.05, 0.1) is 17.3 Å². The van der Waals surface area contributed by atoms with Crippen LogP contribution in [-0.4, -0.2) is 0 Å². The van der Waals surface area contributed by atoms with Gasteiger partial charge in [-0.2, -0.15) is 0 Å².